The summed E-state index contributed by atoms with van der Waals surface area (Å²) in [5, 5.41) is 3.36. The van der Waals surface area contributed by atoms with Crippen molar-refractivity contribution in [3.63, 3.8) is 0 Å². The third kappa shape index (κ3) is 3.13. The summed E-state index contributed by atoms with van der Waals surface area (Å²) in [6.07, 6.45) is 3.93. The topological polar surface area (TPSA) is 58.6 Å². The minimum Gasteiger partial charge on any atom is -0.459 e. The van der Waals surface area contributed by atoms with E-state index in [0.29, 0.717) is 21.9 Å². The largest absolute Gasteiger partial charge is 0.459 e. The molecule has 0 saturated heterocycles. The molecular formula is C18H21ClN2O3. The number of esters is 1. The smallest absolute Gasteiger partial charge is 0.338 e. The van der Waals surface area contributed by atoms with Gasteiger partial charge in [-0.1, -0.05) is 29.8 Å². The van der Waals surface area contributed by atoms with Crippen LogP contribution in [0.15, 0.2) is 35.5 Å². The summed E-state index contributed by atoms with van der Waals surface area (Å²) in [5.41, 5.74) is 1.72. The molecule has 6 heteroatoms. The first-order valence-electron chi connectivity index (χ1n) is 8.19. The van der Waals surface area contributed by atoms with Crippen molar-refractivity contribution in [1.82, 2.24) is 10.2 Å². The summed E-state index contributed by atoms with van der Waals surface area (Å²) < 4.78 is 5.68. The van der Waals surface area contributed by atoms with Crippen LogP contribution in [0.1, 0.15) is 44.2 Å². The number of benzene rings is 1. The molecule has 1 atom stereocenters. The quantitative estimate of drug-likeness (QED) is 0.845. The van der Waals surface area contributed by atoms with E-state index in [1.807, 2.05) is 18.2 Å². The second-order valence-corrected chi connectivity index (χ2v) is 6.68. The maximum absolute atomic E-state index is 12.8. The zero-order chi connectivity index (χ0) is 17.3. The number of halogens is 1. The van der Waals surface area contributed by atoms with Crippen LogP contribution < -0.4 is 5.32 Å². The van der Waals surface area contributed by atoms with Gasteiger partial charge in [0.2, 0.25) is 0 Å². The Morgan fingerprint density at radius 3 is 2.62 bits per heavy atom. The number of ether oxygens (including phenoxy) is 1. The molecule has 1 aromatic carbocycles. The summed E-state index contributed by atoms with van der Waals surface area (Å²) in [5.74, 6) is -0.379. The number of nitrogens with one attached hydrogen (secondary N) is 1. The van der Waals surface area contributed by atoms with Gasteiger partial charge in [0.15, 0.2) is 0 Å². The van der Waals surface area contributed by atoms with E-state index in [1.165, 1.54) is 4.90 Å². The van der Waals surface area contributed by atoms with Gasteiger partial charge in [0.05, 0.1) is 11.6 Å². The predicted molar refractivity (Wildman–Crippen MR) is 91.5 cm³/mol. The maximum Gasteiger partial charge on any atom is 0.338 e. The highest BCUT2D eigenvalue weighted by molar-refractivity contribution is 6.31. The molecule has 24 heavy (non-hydrogen) atoms. The molecule has 2 aliphatic rings. The van der Waals surface area contributed by atoms with Gasteiger partial charge in [0.1, 0.15) is 6.10 Å². The summed E-state index contributed by atoms with van der Waals surface area (Å²) in [6.45, 7) is 1.76. The summed E-state index contributed by atoms with van der Waals surface area (Å²) in [7, 11) is 1.64. The molecule has 1 aliphatic heterocycles. The maximum atomic E-state index is 12.8. The van der Waals surface area contributed by atoms with Crippen molar-refractivity contribution in [2.75, 3.05) is 7.05 Å². The van der Waals surface area contributed by atoms with Crippen molar-refractivity contribution in [3.05, 3.63) is 46.1 Å². The third-order valence-corrected chi connectivity index (χ3v) is 5.11. The zero-order valence-corrected chi connectivity index (χ0v) is 14.6. The normalized spacial score (nSPS) is 21.9. The van der Waals surface area contributed by atoms with Crippen molar-refractivity contribution in [1.29, 1.82) is 0 Å². The number of amides is 2. The van der Waals surface area contributed by atoms with Gasteiger partial charge in [-0.2, -0.15) is 0 Å². The van der Waals surface area contributed by atoms with Crippen LogP contribution in [-0.2, 0) is 9.53 Å². The van der Waals surface area contributed by atoms with Gasteiger partial charge in [0.25, 0.3) is 0 Å². The Kier molecular flexibility index (Phi) is 4.81. The van der Waals surface area contributed by atoms with Crippen LogP contribution in [0.3, 0.4) is 0 Å². The fourth-order valence-corrected chi connectivity index (χ4v) is 3.51. The number of allylic oxidation sites excluding steroid dienone is 1. The van der Waals surface area contributed by atoms with Gasteiger partial charge in [-0.25, -0.2) is 9.59 Å². The minimum absolute atomic E-state index is 0.0346. The number of hydrogen-bond acceptors (Lipinski definition) is 3. The molecule has 0 unspecified atom stereocenters. The van der Waals surface area contributed by atoms with Gasteiger partial charge in [-0.15, -0.1) is 0 Å². The number of urea groups is 1. The van der Waals surface area contributed by atoms with E-state index < -0.39 is 6.04 Å². The average molecular weight is 349 g/mol. The van der Waals surface area contributed by atoms with Crippen molar-refractivity contribution >= 4 is 23.6 Å². The molecule has 1 aliphatic carbocycles. The van der Waals surface area contributed by atoms with E-state index in [9.17, 15) is 9.59 Å². The Morgan fingerprint density at radius 1 is 1.29 bits per heavy atom. The lowest BCUT2D eigenvalue weighted by Crippen LogP contribution is -2.46. The Balaban J connectivity index is 1.97. The SMILES string of the molecule is CC1=C(C(=O)OC2CCCC2)[C@@H](c2ccccc2Cl)NC(=O)N1C. The van der Waals surface area contributed by atoms with E-state index in [-0.39, 0.29) is 18.1 Å². The van der Waals surface area contributed by atoms with Gasteiger partial charge in [-0.3, -0.25) is 0 Å². The molecule has 0 radical (unpaired) electrons. The lowest BCUT2D eigenvalue weighted by Gasteiger charge is -2.34. The lowest BCUT2D eigenvalue weighted by atomic mass is 9.95. The molecule has 5 nitrogen and oxygen atoms in total. The van der Waals surface area contributed by atoms with Gasteiger partial charge in [-0.05, 0) is 44.2 Å². The zero-order valence-electron chi connectivity index (χ0n) is 13.8. The molecule has 3 rings (SSSR count). The summed E-state index contributed by atoms with van der Waals surface area (Å²) in [6, 6.07) is 6.34. The minimum atomic E-state index is -0.601. The highest BCUT2D eigenvalue weighted by Gasteiger charge is 2.36. The first kappa shape index (κ1) is 16.8. The average Bonchev–Trinajstić information content (AvgIpc) is 3.05. The fraction of sp³-hybridized carbons (Fsp3) is 0.444. The molecule has 1 heterocycles. The van der Waals surface area contributed by atoms with Gasteiger partial charge in [0, 0.05) is 17.8 Å². The van der Waals surface area contributed by atoms with Crippen LogP contribution in [0, 0.1) is 0 Å². The highest BCUT2D eigenvalue weighted by atomic mass is 35.5. The molecule has 1 fully saturated rings. The Morgan fingerprint density at radius 2 is 1.96 bits per heavy atom. The predicted octanol–water partition coefficient (Wildman–Crippen LogP) is 3.80. The fourth-order valence-electron chi connectivity index (χ4n) is 3.26. The second-order valence-electron chi connectivity index (χ2n) is 6.27. The van der Waals surface area contributed by atoms with E-state index in [4.69, 9.17) is 16.3 Å². The number of nitrogens with zero attached hydrogens (tertiary/aromatic N) is 1. The van der Waals surface area contributed by atoms with Crippen molar-refractivity contribution in [2.45, 2.75) is 44.8 Å². The number of hydrogen-bond donors (Lipinski definition) is 1. The van der Waals surface area contributed by atoms with Crippen LogP contribution in [-0.4, -0.2) is 30.1 Å². The first-order valence-corrected chi connectivity index (χ1v) is 8.57. The summed E-state index contributed by atoms with van der Waals surface area (Å²) >= 11 is 6.29. The third-order valence-electron chi connectivity index (χ3n) is 4.77. The first-order chi connectivity index (χ1) is 11.5. The van der Waals surface area contributed by atoms with E-state index in [0.717, 1.165) is 25.7 Å². The molecule has 1 N–H and O–H groups in total. The highest BCUT2D eigenvalue weighted by Crippen LogP contribution is 2.35. The Hall–Kier alpha value is -2.01. The summed E-state index contributed by atoms with van der Waals surface area (Å²) in [4.78, 5) is 26.4. The molecular weight excluding hydrogens is 328 g/mol. The molecule has 0 spiro atoms. The standard InChI is InChI=1S/C18H21ClN2O3/c1-11-15(17(22)24-12-7-3-4-8-12)16(20-18(23)21(11)2)13-9-5-6-10-14(13)19/h5-6,9-10,12,16H,3-4,7-8H2,1-2H3,(H,20,23)/t16-/m1/s1. The molecule has 1 saturated carbocycles. The van der Waals surface area contributed by atoms with Crippen LogP contribution in [0.2, 0.25) is 5.02 Å². The van der Waals surface area contributed by atoms with Crippen molar-refractivity contribution in [3.8, 4) is 0 Å². The monoisotopic (exact) mass is 348 g/mol. The van der Waals surface area contributed by atoms with E-state index >= 15 is 0 Å². The Labute approximate surface area is 146 Å². The van der Waals surface area contributed by atoms with E-state index in [1.54, 1.807) is 20.0 Å². The van der Waals surface area contributed by atoms with Crippen LogP contribution in [0.25, 0.3) is 0 Å². The van der Waals surface area contributed by atoms with Crippen LogP contribution in [0.4, 0.5) is 4.79 Å². The number of carbonyl (C=O) groups excluding carboxylic acids is 2. The molecule has 0 bridgehead atoms. The van der Waals surface area contributed by atoms with Gasteiger partial charge < -0.3 is 15.0 Å². The lowest BCUT2D eigenvalue weighted by molar-refractivity contribution is -0.144. The molecule has 1 aromatic rings. The molecule has 0 aromatic heterocycles. The molecule has 128 valence electrons. The van der Waals surface area contributed by atoms with Crippen molar-refractivity contribution in [2.24, 2.45) is 0 Å². The second kappa shape index (κ2) is 6.85. The van der Waals surface area contributed by atoms with E-state index in [2.05, 4.69) is 5.32 Å². The van der Waals surface area contributed by atoms with Crippen LogP contribution in [0.5, 0.6) is 0 Å². The van der Waals surface area contributed by atoms with Gasteiger partial charge >= 0.3 is 12.0 Å². The number of carbonyl (C=O) groups is 2. The Bertz CT molecular complexity index is 695. The van der Waals surface area contributed by atoms with Crippen molar-refractivity contribution < 1.29 is 14.3 Å². The number of rotatable bonds is 3. The molecule has 2 amide bonds. The van der Waals surface area contributed by atoms with Crippen LogP contribution >= 0.6 is 11.6 Å².